The molecule has 5 heteroatoms. The minimum atomic E-state index is -0.652. The second kappa shape index (κ2) is 3.16. The molecule has 1 rings (SSSR count). The number of aromatic amines is 1. The van der Waals surface area contributed by atoms with E-state index in [4.69, 9.17) is 11.5 Å². The molecule has 0 aromatic carbocycles. The summed E-state index contributed by atoms with van der Waals surface area (Å²) in [5.74, 6) is 0.165. The van der Waals surface area contributed by atoms with Gasteiger partial charge in [0.25, 0.3) is 0 Å². The monoisotopic (exact) mass is 154 g/mol. The molecular weight excluding hydrogens is 144 g/mol. The Balaban J connectivity index is 2.50. The van der Waals surface area contributed by atoms with Gasteiger partial charge in [0.15, 0.2) is 0 Å². The number of nitrogens with zero attached hydrogens (tertiary/aromatic N) is 1. The van der Waals surface area contributed by atoms with Gasteiger partial charge in [-0.15, -0.1) is 0 Å². The number of primary amides is 1. The van der Waals surface area contributed by atoms with Crippen molar-refractivity contribution < 1.29 is 4.79 Å². The Morgan fingerprint density at radius 3 is 3.00 bits per heavy atom. The highest BCUT2D eigenvalue weighted by molar-refractivity contribution is 5.79. The molecule has 0 unspecified atom stereocenters. The summed E-state index contributed by atoms with van der Waals surface area (Å²) in [5.41, 5.74) is 10.3. The molecule has 60 valence electrons. The van der Waals surface area contributed by atoms with E-state index >= 15 is 0 Å². The molecule has 0 saturated heterocycles. The van der Waals surface area contributed by atoms with E-state index in [2.05, 4.69) is 9.97 Å². The first kappa shape index (κ1) is 7.74. The molecule has 5 nitrogen and oxygen atoms in total. The number of aromatic nitrogens is 2. The Hall–Kier alpha value is -1.36. The lowest BCUT2D eigenvalue weighted by Gasteiger charge is -2.02. The lowest BCUT2D eigenvalue weighted by atomic mass is 10.2. The molecule has 0 saturated carbocycles. The molecule has 0 radical (unpaired) electrons. The minimum absolute atomic E-state index is 0.363. The summed E-state index contributed by atoms with van der Waals surface area (Å²) in [6, 6.07) is -0.652. The number of hydrogen-bond donors (Lipinski definition) is 3. The van der Waals surface area contributed by atoms with Gasteiger partial charge in [0.05, 0.1) is 6.04 Å². The number of amides is 1. The van der Waals surface area contributed by atoms with Gasteiger partial charge in [0, 0.05) is 18.8 Å². The second-order valence-corrected chi connectivity index (χ2v) is 2.25. The van der Waals surface area contributed by atoms with E-state index in [-0.39, 0.29) is 0 Å². The van der Waals surface area contributed by atoms with E-state index in [0.717, 1.165) is 0 Å². The third-order valence-electron chi connectivity index (χ3n) is 1.33. The Morgan fingerprint density at radius 1 is 1.82 bits per heavy atom. The molecule has 5 N–H and O–H groups in total. The van der Waals surface area contributed by atoms with Crippen molar-refractivity contribution in [3.05, 3.63) is 18.2 Å². The van der Waals surface area contributed by atoms with Crippen molar-refractivity contribution in [1.82, 2.24) is 9.97 Å². The fourth-order valence-corrected chi connectivity index (χ4v) is 0.718. The van der Waals surface area contributed by atoms with Crippen LogP contribution in [0, 0.1) is 0 Å². The van der Waals surface area contributed by atoms with Crippen molar-refractivity contribution in [3.63, 3.8) is 0 Å². The fraction of sp³-hybridized carbons (Fsp3) is 0.333. The number of H-pyrrole nitrogens is 1. The van der Waals surface area contributed by atoms with Gasteiger partial charge in [-0.2, -0.15) is 0 Å². The van der Waals surface area contributed by atoms with Crippen LogP contribution in [-0.4, -0.2) is 21.9 Å². The zero-order chi connectivity index (χ0) is 8.27. The van der Waals surface area contributed by atoms with Gasteiger partial charge in [0.1, 0.15) is 5.82 Å². The molecule has 1 atom stereocenters. The maximum atomic E-state index is 10.5. The van der Waals surface area contributed by atoms with Gasteiger partial charge < -0.3 is 16.5 Å². The standard InChI is InChI=1S/C6H10N4O/c7-4(6(8)11)3-5-9-1-2-10-5/h1-2,4H,3,7H2,(H2,8,11)(H,9,10)/t4-/m0/s1. The summed E-state index contributed by atoms with van der Waals surface area (Å²) in [4.78, 5) is 17.2. The second-order valence-electron chi connectivity index (χ2n) is 2.25. The van der Waals surface area contributed by atoms with E-state index in [1.165, 1.54) is 0 Å². The lowest BCUT2D eigenvalue weighted by Crippen LogP contribution is -2.38. The molecule has 1 aromatic heterocycles. The first-order valence-corrected chi connectivity index (χ1v) is 3.23. The average Bonchev–Trinajstić information content (AvgIpc) is 2.39. The van der Waals surface area contributed by atoms with Gasteiger partial charge in [-0.3, -0.25) is 4.79 Å². The number of carbonyl (C=O) groups is 1. The first-order chi connectivity index (χ1) is 5.20. The van der Waals surface area contributed by atoms with E-state index in [0.29, 0.717) is 12.2 Å². The maximum Gasteiger partial charge on any atom is 0.234 e. The molecule has 11 heavy (non-hydrogen) atoms. The van der Waals surface area contributed by atoms with Crippen molar-refractivity contribution in [2.45, 2.75) is 12.5 Å². The Morgan fingerprint density at radius 2 is 2.55 bits per heavy atom. The average molecular weight is 154 g/mol. The van der Waals surface area contributed by atoms with Gasteiger partial charge in [-0.05, 0) is 0 Å². The van der Waals surface area contributed by atoms with Crippen LogP contribution in [0.15, 0.2) is 12.4 Å². The fourth-order valence-electron chi connectivity index (χ4n) is 0.718. The maximum absolute atomic E-state index is 10.5. The van der Waals surface area contributed by atoms with Crippen molar-refractivity contribution in [2.75, 3.05) is 0 Å². The minimum Gasteiger partial charge on any atom is -0.368 e. The van der Waals surface area contributed by atoms with Crippen LogP contribution in [0.2, 0.25) is 0 Å². The van der Waals surface area contributed by atoms with E-state index in [1.807, 2.05) is 0 Å². The Bertz CT molecular complexity index is 231. The number of carbonyl (C=O) groups excluding carboxylic acids is 1. The molecule has 0 spiro atoms. The summed E-state index contributed by atoms with van der Waals surface area (Å²) in [7, 11) is 0. The smallest absolute Gasteiger partial charge is 0.234 e. The van der Waals surface area contributed by atoms with Gasteiger partial charge in [0.2, 0.25) is 5.91 Å². The lowest BCUT2D eigenvalue weighted by molar-refractivity contribution is -0.119. The zero-order valence-corrected chi connectivity index (χ0v) is 5.95. The highest BCUT2D eigenvalue weighted by Crippen LogP contribution is 1.92. The molecule has 0 fully saturated rings. The first-order valence-electron chi connectivity index (χ1n) is 3.23. The van der Waals surface area contributed by atoms with Gasteiger partial charge in [-0.1, -0.05) is 0 Å². The van der Waals surface area contributed by atoms with Crippen LogP contribution in [0.1, 0.15) is 5.82 Å². The molecular formula is C6H10N4O. The molecule has 1 aromatic rings. The van der Waals surface area contributed by atoms with Crippen LogP contribution in [0.3, 0.4) is 0 Å². The largest absolute Gasteiger partial charge is 0.368 e. The summed E-state index contributed by atoms with van der Waals surface area (Å²) < 4.78 is 0. The molecule has 0 bridgehead atoms. The van der Waals surface area contributed by atoms with Crippen LogP contribution < -0.4 is 11.5 Å². The number of nitrogens with one attached hydrogen (secondary N) is 1. The molecule has 0 aliphatic heterocycles. The summed E-state index contributed by atoms with van der Waals surface area (Å²) in [6.07, 6.45) is 3.63. The van der Waals surface area contributed by atoms with Gasteiger partial charge in [-0.25, -0.2) is 4.98 Å². The van der Waals surface area contributed by atoms with Gasteiger partial charge >= 0.3 is 0 Å². The normalized spacial score (nSPS) is 12.8. The van der Waals surface area contributed by atoms with E-state index in [9.17, 15) is 4.79 Å². The quantitative estimate of drug-likeness (QED) is 0.508. The summed E-state index contributed by atoms with van der Waals surface area (Å²) in [6.45, 7) is 0. The zero-order valence-electron chi connectivity index (χ0n) is 5.95. The highest BCUT2D eigenvalue weighted by atomic mass is 16.1. The van der Waals surface area contributed by atoms with E-state index in [1.54, 1.807) is 12.4 Å². The van der Waals surface area contributed by atoms with Crippen molar-refractivity contribution >= 4 is 5.91 Å². The van der Waals surface area contributed by atoms with Crippen LogP contribution in [0.25, 0.3) is 0 Å². The van der Waals surface area contributed by atoms with Crippen LogP contribution in [-0.2, 0) is 11.2 Å². The highest BCUT2D eigenvalue weighted by Gasteiger charge is 2.10. The number of rotatable bonds is 3. The molecule has 1 heterocycles. The van der Waals surface area contributed by atoms with Crippen molar-refractivity contribution in [3.8, 4) is 0 Å². The topological polar surface area (TPSA) is 97.8 Å². The third kappa shape index (κ3) is 2.05. The Kier molecular flexibility index (Phi) is 2.22. The molecule has 1 amide bonds. The van der Waals surface area contributed by atoms with Crippen LogP contribution in [0.4, 0.5) is 0 Å². The van der Waals surface area contributed by atoms with Crippen molar-refractivity contribution in [2.24, 2.45) is 11.5 Å². The molecule has 0 aliphatic rings. The van der Waals surface area contributed by atoms with Crippen molar-refractivity contribution in [1.29, 1.82) is 0 Å². The Labute approximate surface area is 63.8 Å². The van der Waals surface area contributed by atoms with E-state index < -0.39 is 11.9 Å². The SMILES string of the molecule is NC(=O)[C@@H](N)Cc1ncc[nH]1. The predicted octanol–water partition coefficient (Wildman–Crippen LogP) is -1.24. The number of imidazole rings is 1. The van der Waals surface area contributed by atoms with Crippen LogP contribution >= 0.6 is 0 Å². The summed E-state index contributed by atoms with van der Waals surface area (Å²) >= 11 is 0. The predicted molar refractivity (Wildman–Crippen MR) is 39.5 cm³/mol. The van der Waals surface area contributed by atoms with Crippen LogP contribution in [0.5, 0.6) is 0 Å². The summed E-state index contributed by atoms with van der Waals surface area (Å²) in [5, 5.41) is 0. The molecule has 0 aliphatic carbocycles. The third-order valence-corrected chi connectivity index (χ3v) is 1.33. The number of nitrogens with two attached hydrogens (primary N) is 2. The number of hydrogen-bond acceptors (Lipinski definition) is 3.